The van der Waals surface area contributed by atoms with Crippen LogP contribution in [-0.4, -0.2) is 56.1 Å². The highest BCUT2D eigenvalue weighted by molar-refractivity contribution is 6.73. The predicted octanol–water partition coefficient (Wildman–Crippen LogP) is 6.31. The van der Waals surface area contributed by atoms with Crippen LogP contribution in [0.3, 0.4) is 0 Å². The Labute approximate surface area is 223 Å². The smallest absolute Gasteiger partial charge is 0.426 e. The van der Waals surface area contributed by atoms with Gasteiger partial charge in [-0.1, -0.05) is 41.5 Å². The van der Waals surface area contributed by atoms with E-state index in [1.54, 1.807) is 0 Å². The largest absolute Gasteiger partial charge is 0.509 e. The van der Waals surface area contributed by atoms with Gasteiger partial charge in [0.1, 0.15) is 11.9 Å². The Morgan fingerprint density at radius 2 is 1.62 bits per heavy atom. The van der Waals surface area contributed by atoms with Gasteiger partial charge in [-0.2, -0.15) is 0 Å². The Bertz CT molecular complexity index is 1010. The summed E-state index contributed by atoms with van der Waals surface area (Å²) in [6.45, 7) is 19.2. The molecule has 2 heterocycles. The van der Waals surface area contributed by atoms with Crippen LogP contribution < -0.4 is 0 Å². The average molecular weight is 535 g/mol. The first-order valence-corrected chi connectivity index (χ1v) is 16.9. The quantitative estimate of drug-likeness (QED) is 0.232. The minimum absolute atomic E-state index is 0.130. The van der Waals surface area contributed by atoms with E-state index in [2.05, 4.69) is 48.5 Å². The zero-order valence-electron chi connectivity index (χ0n) is 24.2. The van der Waals surface area contributed by atoms with Gasteiger partial charge in [0, 0.05) is 23.7 Å². The minimum Gasteiger partial charge on any atom is -0.426 e. The van der Waals surface area contributed by atoms with Crippen molar-refractivity contribution >= 4 is 20.3 Å². The van der Waals surface area contributed by atoms with Crippen LogP contribution in [0.15, 0.2) is 11.1 Å². The topological polar surface area (TPSA) is 80.3 Å². The number of carbonyl (C=O) groups is 2. The van der Waals surface area contributed by atoms with Crippen LogP contribution in [0.25, 0.3) is 0 Å². The van der Waals surface area contributed by atoms with E-state index in [9.17, 15) is 9.59 Å². The highest BCUT2D eigenvalue weighted by Crippen LogP contribution is 2.65. The van der Waals surface area contributed by atoms with E-state index in [0.29, 0.717) is 12.8 Å². The van der Waals surface area contributed by atoms with Gasteiger partial charge in [0.05, 0.1) is 18.1 Å². The molecule has 208 valence electrons. The zero-order valence-corrected chi connectivity index (χ0v) is 25.2. The molecule has 2 saturated carbocycles. The van der Waals surface area contributed by atoms with Crippen molar-refractivity contribution in [2.24, 2.45) is 16.7 Å². The molecule has 0 aromatic rings. The number of hydrogen-bond donors (Lipinski definition) is 0. The SMILES string of the molecule is CC[Si](CC)(CC)O[C@H]1C[C@@]23OC(=O)O[C@H]2[C@@H]2C(=O)CCC[C@@]2(C)[C@H]2OC(C)(C)O[C@@H]2C(=C1C)C3(C)C. The summed E-state index contributed by atoms with van der Waals surface area (Å²) in [6, 6.07) is 3.06. The van der Waals surface area contributed by atoms with E-state index in [1.165, 1.54) is 0 Å². The number of fused-ring (bicyclic) bond motifs is 6. The number of ketones is 1. The van der Waals surface area contributed by atoms with Crippen LogP contribution >= 0.6 is 0 Å². The van der Waals surface area contributed by atoms with E-state index < -0.39 is 48.7 Å². The molecule has 0 aromatic heterocycles. The molecule has 7 nitrogen and oxygen atoms in total. The van der Waals surface area contributed by atoms with Crippen molar-refractivity contribution in [3.05, 3.63) is 11.1 Å². The van der Waals surface area contributed by atoms with Gasteiger partial charge in [0.25, 0.3) is 0 Å². The van der Waals surface area contributed by atoms with Gasteiger partial charge in [-0.25, -0.2) is 4.79 Å². The van der Waals surface area contributed by atoms with Crippen LogP contribution in [0.2, 0.25) is 18.1 Å². The lowest BCUT2D eigenvalue weighted by Crippen LogP contribution is -2.69. The monoisotopic (exact) mass is 534 g/mol. The van der Waals surface area contributed by atoms with Crippen LogP contribution in [0.1, 0.15) is 88.0 Å². The number of rotatable bonds is 5. The van der Waals surface area contributed by atoms with E-state index in [-0.39, 0.29) is 24.1 Å². The Hall–Kier alpha value is -1.22. The van der Waals surface area contributed by atoms with Crippen molar-refractivity contribution in [2.45, 2.75) is 142 Å². The molecule has 0 radical (unpaired) electrons. The van der Waals surface area contributed by atoms with Gasteiger partial charge >= 0.3 is 6.16 Å². The lowest BCUT2D eigenvalue weighted by molar-refractivity contribution is -0.184. The maximum absolute atomic E-state index is 13.8. The van der Waals surface area contributed by atoms with Gasteiger partial charge in [0.15, 0.2) is 25.8 Å². The van der Waals surface area contributed by atoms with Crippen molar-refractivity contribution in [1.82, 2.24) is 0 Å². The molecule has 5 rings (SSSR count). The van der Waals surface area contributed by atoms with E-state index in [0.717, 1.165) is 42.1 Å². The summed E-state index contributed by atoms with van der Waals surface area (Å²) in [5.74, 6) is -1.20. The van der Waals surface area contributed by atoms with Crippen LogP contribution in [0, 0.1) is 16.7 Å². The van der Waals surface area contributed by atoms with Crippen molar-refractivity contribution in [3.63, 3.8) is 0 Å². The molecule has 0 amide bonds. The third kappa shape index (κ3) is 3.68. The summed E-state index contributed by atoms with van der Waals surface area (Å²) in [5.41, 5.74) is 0.0201. The molecule has 0 aromatic carbocycles. The standard InChI is InChI=1S/C29H46O7Si/c1-10-37(11-2,12-3)36-19-16-29-23(32-25(31)35-29)21-18(30)14-13-15-28(21,9)24-22(33-27(7,8)34-24)20(17(19)4)26(29,5)6/h19,21-24H,10-16H2,1-9H3/t19-,21-,22+,23-,24-,28+,29+/m0/s1. The fourth-order valence-electron chi connectivity index (χ4n) is 8.61. The summed E-state index contributed by atoms with van der Waals surface area (Å²) in [7, 11) is -2.01. The molecule has 37 heavy (non-hydrogen) atoms. The number of carbonyl (C=O) groups excluding carboxylic acids is 2. The summed E-state index contributed by atoms with van der Waals surface area (Å²) in [4.78, 5) is 26.8. The second-order valence-corrected chi connectivity index (χ2v) is 18.1. The second-order valence-electron chi connectivity index (χ2n) is 13.3. The first-order chi connectivity index (χ1) is 17.2. The Morgan fingerprint density at radius 1 is 0.973 bits per heavy atom. The average Bonchev–Trinajstić information content (AvgIpc) is 3.32. The van der Waals surface area contributed by atoms with Crippen molar-refractivity contribution < 1.29 is 33.0 Å². The normalized spacial score (nSPS) is 42.2. The maximum atomic E-state index is 13.8. The van der Waals surface area contributed by atoms with Gasteiger partial charge < -0.3 is 23.4 Å². The van der Waals surface area contributed by atoms with E-state index in [4.69, 9.17) is 23.4 Å². The molecule has 2 saturated heterocycles. The molecular weight excluding hydrogens is 488 g/mol. The fourth-order valence-corrected chi connectivity index (χ4v) is 11.5. The molecule has 2 bridgehead atoms. The lowest BCUT2D eigenvalue weighted by atomic mass is 9.48. The van der Waals surface area contributed by atoms with Gasteiger partial charge in [-0.05, 0) is 62.9 Å². The van der Waals surface area contributed by atoms with Gasteiger partial charge in [-0.3, -0.25) is 4.79 Å². The van der Waals surface area contributed by atoms with Crippen LogP contribution in [0.4, 0.5) is 4.79 Å². The van der Waals surface area contributed by atoms with Crippen molar-refractivity contribution in [2.75, 3.05) is 0 Å². The van der Waals surface area contributed by atoms with Gasteiger partial charge in [-0.15, -0.1) is 0 Å². The first-order valence-electron chi connectivity index (χ1n) is 14.4. The molecule has 0 unspecified atom stereocenters. The third-order valence-corrected chi connectivity index (χ3v) is 15.6. The predicted molar refractivity (Wildman–Crippen MR) is 142 cm³/mol. The second kappa shape index (κ2) is 8.64. The fraction of sp³-hybridized carbons (Fsp3) is 0.862. The lowest BCUT2D eigenvalue weighted by Gasteiger charge is -2.59. The molecular formula is C29H46O7Si. The van der Waals surface area contributed by atoms with Crippen molar-refractivity contribution in [1.29, 1.82) is 0 Å². The molecule has 3 aliphatic carbocycles. The highest BCUT2D eigenvalue weighted by atomic mass is 28.4. The number of hydrogen-bond acceptors (Lipinski definition) is 7. The van der Waals surface area contributed by atoms with Crippen LogP contribution in [0.5, 0.6) is 0 Å². The molecule has 7 atom stereocenters. The van der Waals surface area contributed by atoms with Gasteiger partial charge in [0.2, 0.25) is 0 Å². The number of ether oxygens (including phenoxy) is 4. The molecule has 4 fully saturated rings. The number of Topliss-reactive ketones (excluding diaryl/α,β-unsaturated/α-hetero) is 1. The summed E-state index contributed by atoms with van der Waals surface area (Å²) in [6.07, 6.45) is 0.231. The summed E-state index contributed by atoms with van der Waals surface area (Å²) in [5, 5.41) is 0. The van der Waals surface area contributed by atoms with Crippen molar-refractivity contribution in [3.8, 4) is 0 Å². The van der Waals surface area contributed by atoms with E-state index >= 15 is 0 Å². The molecule has 5 aliphatic rings. The zero-order chi connectivity index (χ0) is 27.2. The minimum atomic E-state index is -2.01. The molecule has 0 N–H and O–H groups in total. The molecule has 1 spiro atoms. The van der Waals surface area contributed by atoms with Crippen LogP contribution in [-0.2, 0) is 28.2 Å². The third-order valence-electron chi connectivity index (χ3n) is 10.9. The maximum Gasteiger partial charge on any atom is 0.509 e. The van der Waals surface area contributed by atoms with E-state index in [1.807, 2.05) is 13.8 Å². The Balaban J connectivity index is 1.78. The summed E-state index contributed by atoms with van der Waals surface area (Å²) < 4.78 is 32.9. The Morgan fingerprint density at radius 3 is 2.24 bits per heavy atom. The molecule has 2 aliphatic heterocycles. The first kappa shape index (κ1) is 27.3. The Kier molecular flexibility index (Phi) is 6.38. The molecule has 8 heteroatoms. The highest BCUT2D eigenvalue weighted by Gasteiger charge is 2.74. The summed E-state index contributed by atoms with van der Waals surface area (Å²) >= 11 is 0.